The Morgan fingerprint density at radius 2 is 1.89 bits per heavy atom. The fourth-order valence-electron chi connectivity index (χ4n) is 3.81. The largest absolute Gasteiger partial charge is 0.388 e. The zero-order chi connectivity index (χ0) is 27.2. The lowest BCUT2D eigenvalue weighted by Crippen LogP contribution is -2.27. The first-order valence-corrected chi connectivity index (χ1v) is 13.0. The van der Waals surface area contributed by atoms with Gasteiger partial charge in [-0.1, -0.05) is 25.1 Å². The molecule has 0 saturated heterocycles. The van der Waals surface area contributed by atoms with Crippen LogP contribution >= 0.6 is 11.8 Å². The molecule has 6 nitrogen and oxygen atoms in total. The molecule has 1 aliphatic heterocycles. The highest BCUT2D eigenvalue weighted by Crippen LogP contribution is 2.36. The van der Waals surface area contributed by atoms with E-state index in [-0.39, 0.29) is 17.9 Å². The predicted octanol–water partition coefficient (Wildman–Crippen LogP) is 6.55. The number of rotatable bonds is 7. The molecule has 1 unspecified atom stereocenters. The number of hydrogen-bond acceptors (Lipinski definition) is 6. The van der Waals surface area contributed by atoms with Crippen molar-refractivity contribution in [2.24, 2.45) is 11.0 Å². The highest BCUT2D eigenvalue weighted by atomic mass is 32.2. The standard InChI is InChI=1S/C18H17N3O2S.C10H13F2N/c1-11-5-4-8-19-17(11)14-9-13(6-7-16(14)24-3)21-18(23)15(10-22)12(2)20-21;1-3-10(11,12)8-5-4-6-9(7-8)13-2/h4-10,15H,1-3H3;4-7,13H,3H2,1-2H3. The van der Waals surface area contributed by atoms with Crippen molar-refractivity contribution in [3.8, 4) is 11.3 Å². The third-order valence-corrected chi connectivity index (χ3v) is 6.82. The number of nitrogens with one attached hydrogen (secondary N) is 1. The van der Waals surface area contributed by atoms with Gasteiger partial charge in [0.1, 0.15) is 12.2 Å². The van der Waals surface area contributed by atoms with Crippen LogP contribution in [0, 0.1) is 12.8 Å². The van der Waals surface area contributed by atoms with Gasteiger partial charge in [-0.05, 0) is 62.1 Å². The van der Waals surface area contributed by atoms with E-state index in [9.17, 15) is 18.4 Å². The van der Waals surface area contributed by atoms with E-state index >= 15 is 0 Å². The highest BCUT2D eigenvalue weighted by molar-refractivity contribution is 7.98. The number of alkyl halides is 2. The number of carbonyl (C=O) groups excluding carboxylic acids is 2. The molecular weight excluding hydrogens is 494 g/mol. The van der Waals surface area contributed by atoms with Gasteiger partial charge >= 0.3 is 0 Å². The van der Waals surface area contributed by atoms with Gasteiger partial charge in [-0.3, -0.25) is 9.78 Å². The van der Waals surface area contributed by atoms with Crippen molar-refractivity contribution in [2.75, 3.05) is 23.6 Å². The van der Waals surface area contributed by atoms with Crippen LogP contribution in [0.15, 0.2) is 70.8 Å². The van der Waals surface area contributed by atoms with Gasteiger partial charge in [-0.25, -0.2) is 8.78 Å². The first kappa shape index (κ1) is 28.0. The molecule has 0 saturated carbocycles. The molecule has 3 aromatic rings. The lowest BCUT2D eigenvalue weighted by molar-refractivity contribution is -0.123. The molecule has 1 aromatic heterocycles. The van der Waals surface area contributed by atoms with E-state index in [1.54, 1.807) is 44.1 Å². The van der Waals surface area contributed by atoms with Crippen molar-refractivity contribution in [3.05, 3.63) is 71.9 Å². The van der Waals surface area contributed by atoms with E-state index in [1.165, 1.54) is 24.1 Å². The summed E-state index contributed by atoms with van der Waals surface area (Å²) in [5.74, 6) is -3.82. The number of pyridine rings is 1. The maximum Gasteiger partial charge on any atom is 0.273 e. The summed E-state index contributed by atoms with van der Waals surface area (Å²) in [7, 11) is 1.71. The minimum Gasteiger partial charge on any atom is -0.388 e. The van der Waals surface area contributed by atoms with Crippen molar-refractivity contribution >= 4 is 41.0 Å². The molecule has 2 aromatic carbocycles. The third-order valence-electron chi connectivity index (χ3n) is 6.03. The molecule has 0 bridgehead atoms. The molecule has 1 atom stereocenters. The van der Waals surface area contributed by atoms with Crippen LogP contribution in [-0.4, -0.2) is 36.2 Å². The summed E-state index contributed by atoms with van der Waals surface area (Å²) in [6.07, 6.45) is 4.23. The summed E-state index contributed by atoms with van der Waals surface area (Å²) in [6.45, 7) is 5.17. The molecule has 194 valence electrons. The van der Waals surface area contributed by atoms with Crippen LogP contribution in [0.1, 0.15) is 31.4 Å². The van der Waals surface area contributed by atoms with E-state index in [0.717, 1.165) is 21.7 Å². The van der Waals surface area contributed by atoms with Crippen LogP contribution in [0.5, 0.6) is 0 Å². The Kier molecular flexibility index (Phi) is 9.15. The Morgan fingerprint density at radius 3 is 2.49 bits per heavy atom. The maximum atomic E-state index is 13.2. The lowest BCUT2D eigenvalue weighted by atomic mass is 10.0. The summed E-state index contributed by atoms with van der Waals surface area (Å²) >= 11 is 1.62. The Morgan fingerprint density at radius 1 is 1.14 bits per heavy atom. The summed E-state index contributed by atoms with van der Waals surface area (Å²) in [4.78, 5) is 29.0. The predicted molar refractivity (Wildman–Crippen MR) is 147 cm³/mol. The Bertz CT molecular complexity index is 1310. The van der Waals surface area contributed by atoms with Gasteiger partial charge in [0.05, 0.1) is 17.1 Å². The molecule has 37 heavy (non-hydrogen) atoms. The fraction of sp³-hybridized carbons (Fsp3) is 0.286. The van der Waals surface area contributed by atoms with Crippen molar-refractivity contribution in [1.82, 2.24) is 4.98 Å². The molecule has 1 aliphatic rings. The van der Waals surface area contributed by atoms with Gasteiger partial charge in [0.25, 0.3) is 11.8 Å². The zero-order valence-electron chi connectivity index (χ0n) is 21.5. The van der Waals surface area contributed by atoms with Gasteiger partial charge in [0.15, 0.2) is 0 Å². The average Bonchev–Trinajstić information content (AvgIpc) is 3.21. The van der Waals surface area contributed by atoms with Crippen LogP contribution in [0.2, 0.25) is 0 Å². The normalized spacial score (nSPS) is 15.1. The van der Waals surface area contributed by atoms with Crippen LogP contribution in [-0.2, 0) is 15.5 Å². The zero-order valence-corrected chi connectivity index (χ0v) is 22.3. The van der Waals surface area contributed by atoms with Gasteiger partial charge in [0.2, 0.25) is 0 Å². The molecule has 1 amide bonds. The molecular formula is C28H30F2N4O2S. The van der Waals surface area contributed by atoms with Crippen molar-refractivity contribution in [2.45, 2.75) is 38.0 Å². The number of aromatic nitrogens is 1. The molecule has 2 heterocycles. The molecule has 4 rings (SSSR count). The number of aldehydes is 1. The van der Waals surface area contributed by atoms with E-state index in [2.05, 4.69) is 15.4 Å². The summed E-state index contributed by atoms with van der Waals surface area (Å²) in [5, 5.41) is 8.38. The third kappa shape index (κ3) is 6.22. The van der Waals surface area contributed by atoms with E-state index in [1.807, 2.05) is 43.5 Å². The molecule has 1 N–H and O–H groups in total. The number of benzene rings is 2. The number of halogens is 2. The maximum absolute atomic E-state index is 13.2. The van der Waals surface area contributed by atoms with Gasteiger partial charge in [0, 0.05) is 41.4 Å². The topological polar surface area (TPSA) is 74.7 Å². The highest BCUT2D eigenvalue weighted by Gasteiger charge is 2.34. The summed E-state index contributed by atoms with van der Waals surface area (Å²) in [5.41, 5.74) is 4.83. The molecule has 0 radical (unpaired) electrons. The fourth-order valence-corrected chi connectivity index (χ4v) is 4.39. The number of nitrogens with zero attached hydrogens (tertiary/aromatic N) is 3. The second kappa shape index (κ2) is 12.1. The van der Waals surface area contributed by atoms with Crippen LogP contribution in [0.4, 0.5) is 20.2 Å². The number of thioether (sulfide) groups is 1. The van der Waals surface area contributed by atoms with Gasteiger partial charge in [-0.15, -0.1) is 11.8 Å². The van der Waals surface area contributed by atoms with Crippen LogP contribution < -0.4 is 10.3 Å². The smallest absolute Gasteiger partial charge is 0.273 e. The van der Waals surface area contributed by atoms with Crippen LogP contribution in [0.25, 0.3) is 11.3 Å². The summed E-state index contributed by atoms with van der Waals surface area (Å²) < 4.78 is 26.3. The van der Waals surface area contributed by atoms with Gasteiger partial charge in [-0.2, -0.15) is 10.1 Å². The Balaban J connectivity index is 0.000000248. The Hall–Kier alpha value is -3.59. The van der Waals surface area contributed by atoms with Crippen molar-refractivity contribution < 1.29 is 18.4 Å². The number of hydrogen-bond donors (Lipinski definition) is 1. The quantitative estimate of drug-likeness (QED) is 0.216. The van der Waals surface area contributed by atoms with Crippen LogP contribution in [0.3, 0.4) is 0 Å². The first-order valence-electron chi connectivity index (χ1n) is 11.8. The molecule has 0 aliphatic carbocycles. The van der Waals surface area contributed by atoms with E-state index < -0.39 is 11.8 Å². The second-order valence-corrected chi connectivity index (χ2v) is 9.30. The number of hydrazone groups is 1. The van der Waals surface area contributed by atoms with Crippen molar-refractivity contribution in [3.63, 3.8) is 0 Å². The minimum atomic E-state index is -2.72. The minimum absolute atomic E-state index is 0.0712. The summed E-state index contributed by atoms with van der Waals surface area (Å²) in [6, 6.07) is 15.9. The molecule has 0 spiro atoms. The number of anilines is 2. The first-order chi connectivity index (χ1) is 17.7. The SMILES string of the molecule is CCC(F)(F)c1cccc(NC)c1.CSc1ccc(N2N=C(C)C(C=O)C2=O)cc1-c1ncccc1C. The Labute approximate surface area is 220 Å². The van der Waals surface area contributed by atoms with E-state index in [0.29, 0.717) is 23.4 Å². The number of aryl methyl sites for hydroxylation is 1. The van der Waals surface area contributed by atoms with Crippen molar-refractivity contribution in [1.29, 1.82) is 0 Å². The molecule has 0 fully saturated rings. The number of amides is 1. The second-order valence-electron chi connectivity index (χ2n) is 8.45. The molecule has 9 heteroatoms. The van der Waals surface area contributed by atoms with Gasteiger partial charge < -0.3 is 10.1 Å². The average molecular weight is 525 g/mol. The van der Waals surface area contributed by atoms with E-state index in [4.69, 9.17) is 0 Å². The lowest BCUT2D eigenvalue weighted by Gasteiger charge is -2.16. The monoisotopic (exact) mass is 524 g/mol. The number of carbonyl (C=O) groups is 2.